The number of H-pyrrole nitrogens is 1. The number of piperidine rings is 2. The number of rotatable bonds is 5. The molecule has 19 heteroatoms. The molecule has 2 unspecified atom stereocenters. The molecule has 2 atom stereocenters. The van der Waals surface area contributed by atoms with Crippen LogP contribution in [0.15, 0.2) is 73.6 Å². The van der Waals surface area contributed by atoms with Crippen LogP contribution in [0.5, 0.6) is 0 Å². The number of imidazole rings is 2. The molecule has 0 spiro atoms. The van der Waals surface area contributed by atoms with E-state index in [0.29, 0.717) is 29.7 Å². The number of hydrogen-bond acceptors (Lipinski definition) is 10. The minimum Gasteiger partial charge on any atom is -0.345 e. The molecular weight excluding hydrogens is 840 g/mol. The number of likely N-dealkylation sites (N-methyl/N-ethyl adjacent to an activating group) is 2. The Morgan fingerprint density at radius 2 is 1.25 bits per heavy atom. The number of nitrogens with one attached hydrogen (secondary N) is 1. The first-order chi connectivity index (χ1) is 30.3. The SMILES string of the molecule is CCC12CCCCN1c1nc(-n3ccnc3-c3ccc(F)cc3F)ncc1N(C)C2=O.CCC12CCCCN1c1nc(Cl)ncc1N(C)C2=O.Fc1ccc(-c2ncc[nH]2)c(F)c1. The van der Waals surface area contributed by atoms with E-state index in [1.807, 2.05) is 6.92 Å². The molecule has 0 saturated carbocycles. The van der Waals surface area contributed by atoms with E-state index >= 15 is 0 Å². The highest BCUT2D eigenvalue weighted by molar-refractivity contribution is 6.28. The van der Waals surface area contributed by atoms with Crippen molar-refractivity contribution >= 4 is 46.4 Å². The summed E-state index contributed by atoms with van der Waals surface area (Å²) in [6, 6.07) is 6.74. The average molecular weight is 885 g/mol. The highest BCUT2D eigenvalue weighted by atomic mass is 35.5. The Hall–Kier alpha value is -6.43. The van der Waals surface area contributed by atoms with E-state index in [1.54, 1.807) is 53.2 Å². The zero-order chi connectivity index (χ0) is 44.6. The summed E-state index contributed by atoms with van der Waals surface area (Å²) in [5.41, 5.74) is 0.770. The number of nitrogens with zero attached hydrogens (tertiary/aromatic N) is 11. The molecule has 8 heterocycles. The van der Waals surface area contributed by atoms with Gasteiger partial charge in [0.1, 0.15) is 57.4 Å². The molecule has 0 aliphatic carbocycles. The van der Waals surface area contributed by atoms with Gasteiger partial charge in [0.25, 0.3) is 11.8 Å². The molecule has 14 nitrogen and oxygen atoms in total. The van der Waals surface area contributed by atoms with Crippen molar-refractivity contribution in [3.8, 4) is 28.7 Å². The first-order valence-electron chi connectivity index (χ1n) is 20.8. The number of aromatic amines is 1. The van der Waals surface area contributed by atoms with Crippen LogP contribution >= 0.6 is 11.6 Å². The summed E-state index contributed by atoms with van der Waals surface area (Å²) < 4.78 is 55.0. The van der Waals surface area contributed by atoms with Gasteiger partial charge in [-0.25, -0.2) is 37.5 Å². The van der Waals surface area contributed by atoms with Crippen molar-refractivity contribution in [2.45, 2.75) is 76.3 Å². The molecule has 328 valence electrons. The fourth-order valence-electron chi connectivity index (χ4n) is 9.13. The van der Waals surface area contributed by atoms with E-state index in [1.165, 1.54) is 36.7 Å². The molecule has 4 aliphatic heterocycles. The Bertz CT molecular complexity index is 2670. The second-order valence-corrected chi connectivity index (χ2v) is 16.1. The van der Waals surface area contributed by atoms with Crippen LogP contribution in [0.1, 0.15) is 65.2 Å². The summed E-state index contributed by atoms with van der Waals surface area (Å²) in [6.07, 6.45) is 16.8. The summed E-state index contributed by atoms with van der Waals surface area (Å²) in [5.74, 6) is 0.112. The van der Waals surface area contributed by atoms with Crippen molar-refractivity contribution in [2.24, 2.45) is 0 Å². The molecule has 4 aliphatic rings. The van der Waals surface area contributed by atoms with E-state index in [0.717, 1.165) is 81.7 Å². The monoisotopic (exact) mass is 884 g/mol. The maximum absolute atomic E-state index is 14.4. The average Bonchev–Trinajstić information content (AvgIpc) is 4.01. The Morgan fingerprint density at radius 1 is 0.698 bits per heavy atom. The van der Waals surface area contributed by atoms with Gasteiger partial charge in [0, 0.05) is 64.1 Å². The number of halogens is 5. The Morgan fingerprint density at radius 3 is 1.79 bits per heavy atom. The van der Waals surface area contributed by atoms with Crippen molar-refractivity contribution in [1.82, 2.24) is 39.5 Å². The van der Waals surface area contributed by atoms with Gasteiger partial charge in [0.15, 0.2) is 11.6 Å². The fraction of sp³-hybridized carbons (Fsp3) is 0.364. The summed E-state index contributed by atoms with van der Waals surface area (Å²) in [7, 11) is 3.55. The Labute approximate surface area is 366 Å². The van der Waals surface area contributed by atoms with Gasteiger partial charge >= 0.3 is 0 Å². The Kier molecular flexibility index (Phi) is 11.9. The maximum atomic E-state index is 14.4. The van der Waals surface area contributed by atoms with Gasteiger partial charge in [-0.2, -0.15) is 9.97 Å². The first kappa shape index (κ1) is 43.2. The van der Waals surface area contributed by atoms with Crippen molar-refractivity contribution in [2.75, 3.05) is 46.8 Å². The first-order valence-corrected chi connectivity index (χ1v) is 21.2. The predicted octanol–water partition coefficient (Wildman–Crippen LogP) is 8.32. The standard InChI is InChI=1S/C22H22F2N6O.C13H17ClN4O.C9H6F2N2/c1-3-22-8-4-5-10-30(22)19-17(28(2)20(22)31)13-26-21(27-19)29-11-9-25-18(29)15-7-6-14(23)12-16(15)24;1-3-13-6-4-5-7-18(13)10-9(17(2)11(13)19)8-15-12(14)16-10;10-6-1-2-7(8(11)5-6)9-12-3-4-13-9/h6-7,9,11-13H,3-5,8,10H2,1-2H3;8H,3-7H2,1-2H3;1-5H,(H,12,13). The highest BCUT2D eigenvalue weighted by Gasteiger charge is 2.52. The number of anilines is 4. The number of carbonyl (C=O) groups excluding carboxylic acids is 2. The van der Waals surface area contributed by atoms with Crippen molar-refractivity contribution < 1.29 is 27.2 Å². The van der Waals surface area contributed by atoms with Crippen LogP contribution in [-0.4, -0.2) is 89.5 Å². The molecule has 1 N–H and O–H groups in total. The Balaban J connectivity index is 0.000000144. The van der Waals surface area contributed by atoms with Gasteiger partial charge in [-0.15, -0.1) is 0 Å². The van der Waals surface area contributed by atoms with Crippen LogP contribution in [0.4, 0.5) is 40.6 Å². The molecule has 2 amide bonds. The predicted molar refractivity (Wildman–Crippen MR) is 231 cm³/mol. The van der Waals surface area contributed by atoms with Gasteiger partial charge in [-0.1, -0.05) is 13.8 Å². The third-order valence-corrected chi connectivity index (χ3v) is 12.6. The second-order valence-electron chi connectivity index (χ2n) is 15.7. The minimum atomic E-state index is -0.711. The van der Waals surface area contributed by atoms with Crippen LogP contribution in [0.2, 0.25) is 5.28 Å². The number of amides is 2. The molecule has 2 aromatic carbocycles. The number of carbonyl (C=O) groups is 2. The lowest BCUT2D eigenvalue weighted by atomic mass is 9.81. The number of hydrogen-bond donors (Lipinski definition) is 1. The molecule has 0 radical (unpaired) electrons. The number of fused-ring (bicyclic) bond motifs is 6. The van der Waals surface area contributed by atoms with Crippen LogP contribution in [0.3, 0.4) is 0 Å². The molecule has 6 aromatic rings. The van der Waals surface area contributed by atoms with Crippen LogP contribution in [0, 0.1) is 23.3 Å². The molecule has 63 heavy (non-hydrogen) atoms. The molecule has 0 bridgehead atoms. The van der Waals surface area contributed by atoms with Gasteiger partial charge in [-0.3, -0.25) is 14.2 Å². The van der Waals surface area contributed by atoms with Crippen LogP contribution < -0.4 is 19.6 Å². The van der Waals surface area contributed by atoms with E-state index < -0.39 is 34.3 Å². The minimum absolute atomic E-state index is 0.0650. The lowest BCUT2D eigenvalue weighted by Crippen LogP contribution is -2.64. The zero-order valence-electron chi connectivity index (χ0n) is 35.1. The third-order valence-electron chi connectivity index (χ3n) is 12.5. The second kappa shape index (κ2) is 17.4. The van der Waals surface area contributed by atoms with Crippen molar-refractivity contribution in [3.05, 3.63) is 102 Å². The fourth-order valence-corrected chi connectivity index (χ4v) is 9.26. The van der Waals surface area contributed by atoms with E-state index in [2.05, 4.69) is 46.6 Å². The molecule has 10 rings (SSSR count). The van der Waals surface area contributed by atoms with Gasteiger partial charge in [0.05, 0.1) is 23.5 Å². The lowest BCUT2D eigenvalue weighted by molar-refractivity contribution is -0.125. The van der Waals surface area contributed by atoms with E-state index in [-0.39, 0.29) is 34.0 Å². The largest absolute Gasteiger partial charge is 0.345 e. The molecular formula is C44H45ClF4N12O2. The van der Waals surface area contributed by atoms with Crippen LogP contribution in [-0.2, 0) is 9.59 Å². The van der Waals surface area contributed by atoms with E-state index in [9.17, 15) is 27.2 Å². The molecule has 2 fully saturated rings. The molecule has 2 saturated heterocycles. The maximum Gasteiger partial charge on any atom is 0.252 e. The number of benzene rings is 2. The quantitative estimate of drug-likeness (QED) is 0.133. The van der Waals surface area contributed by atoms with Gasteiger partial charge in [0.2, 0.25) is 11.2 Å². The molecule has 4 aromatic heterocycles. The summed E-state index contributed by atoms with van der Waals surface area (Å²) in [4.78, 5) is 62.0. The summed E-state index contributed by atoms with van der Waals surface area (Å²) >= 11 is 5.93. The topological polar surface area (TPSA) is 145 Å². The smallest absolute Gasteiger partial charge is 0.252 e. The number of aromatic nitrogens is 8. The van der Waals surface area contributed by atoms with Crippen LogP contribution in [0.25, 0.3) is 28.7 Å². The lowest BCUT2D eigenvalue weighted by Gasteiger charge is -2.51. The third kappa shape index (κ3) is 7.63. The van der Waals surface area contributed by atoms with Gasteiger partial charge in [-0.05, 0) is 87.2 Å². The van der Waals surface area contributed by atoms with Crippen molar-refractivity contribution in [3.63, 3.8) is 0 Å². The summed E-state index contributed by atoms with van der Waals surface area (Å²) in [5, 5.41) is 0.233. The highest BCUT2D eigenvalue weighted by Crippen LogP contribution is 2.46. The van der Waals surface area contributed by atoms with E-state index in [4.69, 9.17) is 16.6 Å². The van der Waals surface area contributed by atoms with Crippen molar-refractivity contribution in [1.29, 1.82) is 0 Å². The zero-order valence-corrected chi connectivity index (χ0v) is 35.9. The normalized spacial score (nSPS) is 20.1. The van der Waals surface area contributed by atoms with Gasteiger partial charge < -0.3 is 24.6 Å². The summed E-state index contributed by atoms with van der Waals surface area (Å²) in [6.45, 7) is 5.69.